The average Bonchev–Trinajstić information content (AvgIpc) is 3.45. The number of fused-ring (bicyclic) bond motifs is 1. The van der Waals surface area contributed by atoms with Crippen molar-refractivity contribution in [2.75, 3.05) is 38.0 Å². The number of nitrogens with zero attached hydrogens (tertiary/aromatic N) is 4. The molecule has 2 aromatic heterocycles. The fourth-order valence-corrected chi connectivity index (χ4v) is 5.95. The lowest BCUT2D eigenvalue weighted by atomic mass is 9.71. The van der Waals surface area contributed by atoms with Crippen molar-refractivity contribution in [1.82, 2.24) is 25.1 Å². The van der Waals surface area contributed by atoms with Crippen LogP contribution in [0.5, 0.6) is 0 Å². The first kappa shape index (κ1) is 26.5. The van der Waals surface area contributed by atoms with Crippen LogP contribution in [-0.4, -0.2) is 81.4 Å². The minimum absolute atomic E-state index is 0.0588. The standard InChI is InChI=1S/C27H30N6O5S/c34-22(32-8-3-18(4-9-32)14-21-28-7-12-39-21)2-1-19-13-20-15-27(25(36)31-24(20)29-16-19)5-10-33(11-6-27)23(35)17-30-26(37)38/h1-3,7,12-13,16,30H,4-6,8-11,14-15,17H2,(H,37,38)(H,29,31,36)/b2-1+. The van der Waals surface area contributed by atoms with Crippen LogP contribution in [0.3, 0.4) is 0 Å². The summed E-state index contributed by atoms with van der Waals surface area (Å²) in [6, 6.07) is 1.95. The van der Waals surface area contributed by atoms with E-state index in [4.69, 9.17) is 5.11 Å². The minimum Gasteiger partial charge on any atom is -0.465 e. The van der Waals surface area contributed by atoms with E-state index >= 15 is 0 Å². The summed E-state index contributed by atoms with van der Waals surface area (Å²) in [5, 5.41) is 16.8. The second kappa shape index (κ2) is 11.4. The first-order valence-electron chi connectivity index (χ1n) is 12.9. The van der Waals surface area contributed by atoms with Crippen LogP contribution in [0.1, 0.15) is 35.4 Å². The highest BCUT2D eigenvalue weighted by Gasteiger charge is 2.45. The van der Waals surface area contributed by atoms with E-state index in [9.17, 15) is 19.2 Å². The Morgan fingerprint density at radius 1 is 1.18 bits per heavy atom. The van der Waals surface area contributed by atoms with Gasteiger partial charge in [0.1, 0.15) is 12.4 Å². The largest absolute Gasteiger partial charge is 0.465 e. The van der Waals surface area contributed by atoms with Gasteiger partial charge in [-0.1, -0.05) is 11.6 Å². The van der Waals surface area contributed by atoms with Gasteiger partial charge in [-0.05, 0) is 49.0 Å². The Kier molecular flexibility index (Phi) is 7.73. The van der Waals surface area contributed by atoms with Crippen LogP contribution in [0.25, 0.3) is 6.08 Å². The molecule has 5 heterocycles. The number of carbonyl (C=O) groups excluding carboxylic acids is 3. The molecule has 1 fully saturated rings. The van der Waals surface area contributed by atoms with Gasteiger partial charge in [-0.2, -0.15) is 0 Å². The number of aromatic nitrogens is 2. The Hall–Kier alpha value is -4.06. The molecule has 3 aliphatic heterocycles. The first-order valence-corrected chi connectivity index (χ1v) is 13.8. The predicted molar refractivity (Wildman–Crippen MR) is 145 cm³/mol. The number of carbonyl (C=O) groups is 4. The Balaban J connectivity index is 1.18. The van der Waals surface area contributed by atoms with Crippen LogP contribution in [0.2, 0.25) is 0 Å². The number of amides is 4. The number of rotatable bonds is 6. The zero-order valence-electron chi connectivity index (χ0n) is 21.4. The van der Waals surface area contributed by atoms with E-state index in [2.05, 4.69) is 26.7 Å². The summed E-state index contributed by atoms with van der Waals surface area (Å²) in [4.78, 5) is 60.9. The molecule has 4 amide bonds. The quantitative estimate of drug-likeness (QED) is 0.370. The molecule has 0 bridgehead atoms. The molecular formula is C27H30N6O5S. The third kappa shape index (κ3) is 6.17. The molecule has 3 aliphatic rings. The lowest BCUT2D eigenvalue weighted by molar-refractivity contribution is -0.137. The fraction of sp³-hybridized carbons (Fsp3) is 0.407. The third-order valence-corrected chi connectivity index (χ3v) is 8.37. The number of hydrogen-bond acceptors (Lipinski definition) is 7. The van der Waals surface area contributed by atoms with Crippen molar-refractivity contribution >= 4 is 47.0 Å². The number of nitrogens with one attached hydrogen (secondary N) is 2. The van der Waals surface area contributed by atoms with E-state index in [0.717, 1.165) is 29.0 Å². The van der Waals surface area contributed by atoms with Crippen molar-refractivity contribution in [3.05, 3.63) is 57.7 Å². The van der Waals surface area contributed by atoms with Crippen LogP contribution >= 0.6 is 11.3 Å². The van der Waals surface area contributed by atoms with Gasteiger partial charge in [0, 0.05) is 56.4 Å². The van der Waals surface area contributed by atoms with Crippen molar-refractivity contribution in [3.8, 4) is 0 Å². The second-order valence-corrected chi connectivity index (χ2v) is 11.0. The van der Waals surface area contributed by atoms with Crippen LogP contribution in [0, 0.1) is 5.41 Å². The van der Waals surface area contributed by atoms with Crippen molar-refractivity contribution in [3.63, 3.8) is 0 Å². The summed E-state index contributed by atoms with van der Waals surface area (Å²) < 4.78 is 0. The normalized spacial score (nSPS) is 18.5. The number of likely N-dealkylation sites (tertiary alicyclic amines) is 1. The maximum absolute atomic E-state index is 13.0. The van der Waals surface area contributed by atoms with E-state index in [-0.39, 0.29) is 24.3 Å². The van der Waals surface area contributed by atoms with E-state index in [1.54, 1.807) is 34.6 Å². The van der Waals surface area contributed by atoms with Gasteiger partial charge in [0.2, 0.25) is 17.7 Å². The summed E-state index contributed by atoms with van der Waals surface area (Å²) in [5.41, 5.74) is 2.32. The van der Waals surface area contributed by atoms with Crippen molar-refractivity contribution < 1.29 is 24.3 Å². The number of carboxylic acid groups (broad SMARTS) is 1. The van der Waals surface area contributed by atoms with Gasteiger partial charge in [0.15, 0.2) is 0 Å². The highest BCUT2D eigenvalue weighted by Crippen LogP contribution is 2.41. The molecule has 0 unspecified atom stereocenters. The molecule has 0 radical (unpaired) electrons. The number of hydrogen-bond donors (Lipinski definition) is 3. The first-order chi connectivity index (χ1) is 18.8. The van der Waals surface area contributed by atoms with Crippen LogP contribution in [0.15, 0.2) is 41.6 Å². The molecule has 0 aromatic carbocycles. The van der Waals surface area contributed by atoms with Crippen LogP contribution < -0.4 is 10.6 Å². The second-order valence-electron chi connectivity index (χ2n) is 10.1. The average molecular weight is 551 g/mol. The van der Waals surface area contributed by atoms with Crippen molar-refractivity contribution in [1.29, 1.82) is 0 Å². The maximum Gasteiger partial charge on any atom is 0.405 e. The minimum atomic E-state index is -1.25. The fourth-order valence-electron chi connectivity index (χ4n) is 5.28. The van der Waals surface area contributed by atoms with Gasteiger partial charge in [-0.15, -0.1) is 11.3 Å². The number of piperidine rings is 1. The topological polar surface area (TPSA) is 145 Å². The lowest BCUT2D eigenvalue weighted by Gasteiger charge is -2.43. The zero-order chi connectivity index (χ0) is 27.4. The van der Waals surface area contributed by atoms with Gasteiger partial charge in [-0.3, -0.25) is 14.4 Å². The summed E-state index contributed by atoms with van der Waals surface area (Å²) in [6.45, 7) is 1.72. The highest BCUT2D eigenvalue weighted by atomic mass is 32.1. The SMILES string of the molecule is O=C(O)NCC(=O)N1CCC2(CC1)Cc1cc(/C=C/C(=O)N3CC=C(Cc4nccs4)CC3)cnc1NC2=O. The molecule has 0 saturated carbocycles. The van der Waals surface area contributed by atoms with Gasteiger partial charge >= 0.3 is 6.09 Å². The smallest absolute Gasteiger partial charge is 0.405 e. The molecule has 1 spiro atoms. The maximum atomic E-state index is 13.0. The molecular weight excluding hydrogens is 520 g/mol. The number of anilines is 1. The summed E-state index contributed by atoms with van der Waals surface area (Å²) in [7, 11) is 0. The monoisotopic (exact) mass is 550 g/mol. The van der Waals surface area contributed by atoms with Crippen molar-refractivity contribution in [2.24, 2.45) is 5.41 Å². The van der Waals surface area contributed by atoms with E-state index < -0.39 is 11.5 Å². The van der Waals surface area contributed by atoms with E-state index in [0.29, 0.717) is 51.3 Å². The van der Waals surface area contributed by atoms with Gasteiger partial charge < -0.3 is 25.5 Å². The highest BCUT2D eigenvalue weighted by molar-refractivity contribution is 7.09. The molecule has 1 saturated heterocycles. The molecule has 204 valence electrons. The number of thiazole rings is 1. The van der Waals surface area contributed by atoms with Crippen molar-refractivity contribution in [2.45, 2.75) is 32.1 Å². The zero-order valence-corrected chi connectivity index (χ0v) is 22.2. The van der Waals surface area contributed by atoms with E-state index in [1.165, 1.54) is 5.57 Å². The Bertz CT molecular complexity index is 1330. The lowest BCUT2D eigenvalue weighted by Crippen LogP contribution is -2.52. The third-order valence-electron chi connectivity index (χ3n) is 7.59. The predicted octanol–water partition coefficient (Wildman–Crippen LogP) is 2.32. The molecule has 2 aromatic rings. The molecule has 11 nitrogen and oxygen atoms in total. The van der Waals surface area contributed by atoms with Crippen LogP contribution in [0.4, 0.5) is 10.6 Å². The summed E-state index contributed by atoms with van der Waals surface area (Å²) >= 11 is 1.64. The number of pyridine rings is 1. The van der Waals surface area contributed by atoms with E-state index in [1.807, 2.05) is 22.5 Å². The Morgan fingerprint density at radius 2 is 2.00 bits per heavy atom. The van der Waals surface area contributed by atoms with Crippen LogP contribution in [-0.2, 0) is 27.2 Å². The molecule has 0 aliphatic carbocycles. The van der Waals surface area contributed by atoms with Gasteiger partial charge in [0.05, 0.1) is 10.4 Å². The molecule has 5 rings (SSSR count). The molecule has 39 heavy (non-hydrogen) atoms. The Labute approximate surface area is 229 Å². The van der Waals surface area contributed by atoms with Gasteiger partial charge in [-0.25, -0.2) is 14.8 Å². The van der Waals surface area contributed by atoms with Gasteiger partial charge in [0.25, 0.3) is 0 Å². The molecule has 0 atom stereocenters. The Morgan fingerprint density at radius 3 is 2.69 bits per heavy atom. The molecule has 12 heteroatoms. The molecule has 3 N–H and O–H groups in total. The summed E-state index contributed by atoms with van der Waals surface area (Å²) in [6.07, 6.45) is 10.7. The summed E-state index contributed by atoms with van der Waals surface area (Å²) in [5.74, 6) is 0.0512.